The zero-order chi connectivity index (χ0) is 20.6. The number of benzene rings is 2. The number of carbonyl (C=O) groups excluding carboxylic acids is 2. The van der Waals surface area contributed by atoms with Crippen molar-refractivity contribution in [1.29, 1.82) is 0 Å². The Kier molecular flexibility index (Phi) is 7.25. The number of nitrogens with one attached hydrogen (secondary N) is 1. The molecule has 1 heterocycles. The van der Waals surface area contributed by atoms with Crippen LogP contribution in [0.25, 0.3) is 0 Å². The topological polar surface area (TPSA) is 78.9 Å². The molecular formula is C23H28N2O4. The molecule has 0 bridgehead atoms. The van der Waals surface area contributed by atoms with Crippen molar-refractivity contribution in [2.45, 2.75) is 38.7 Å². The number of amides is 2. The summed E-state index contributed by atoms with van der Waals surface area (Å²) in [6.07, 6.45) is 1.62. The maximum absolute atomic E-state index is 12.4. The lowest BCUT2D eigenvalue weighted by Crippen LogP contribution is -2.40. The van der Waals surface area contributed by atoms with Crippen LogP contribution in [0.2, 0.25) is 0 Å². The number of aliphatic hydroxyl groups excluding tert-OH is 1. The molecule has 0 unspecified atom stereocenters. The lowest BCUT2D eigenvalue weighted by Gasteiger charge is -2.29. The number of carbonyl (C=O) groups is 2. The lowest BCUT2D eigenvalue weighted by molar-refractivity contribution is -0.132. The zero-order valence-electron chi connectivity index (χ0n) is 16.8. The summed E-state index contributed by atoms with van der Waals surface area (Å²) in [6, 6.07) is 14.9. The second-order valence-electron chi connectivity index (χ2n) is 7.29. The maximum atomic E-state index is 12.4. The highest BCUT2D eigenvalue weighted by Crippen LogP contribution is 2.16. The molecule has 2 aromatic rings. The number of rotatable bonds is 7. The van der Waals surface area contributed by atoms with Crippen LogP contribution in [-0.4, -0.2) is 47.6 Å². The number of piperidine rings is 1. The molecule has 0 saturated carbocycles. The second-order valence-corrected chi connectivity index (χ2v) is 7.29. The first-order valence-corrected chi connectivity index (χ1v) is 10.1. The van der Waals surface area contributed by atoms with Crippen molar-refractivity contribution < 1.29 is 19.4 Å². The van der Waals surface area contributed by atoms with Crippen LogP contribution in [0.1, 0.15) is 30.9 Å². The molecule has 2 aromatic carbocycles. The summed E-state index contributed by atoms with van der Waals surface area (Å²) in [4.78, 5) is 26.4. The van der Waals surface area contributed by atoms with Gasteiger partial charge in [-0.3, -0.25) is 9.59 Å². The van der Waals surface area contributed by atoms with Gasteiger partial charge in [-0.05, 0) is 55.2 Å². The van der Waals surface area contributed by atoms with Crippen molar-refractivity contribution in [2.75, 3.05) is 25.0 Å². The number of ether oxygens (including phenoxy) is 1. The van der Waals surface area contributed by atoms with Crippen LogP contribution >= 0.6 is 0 Å². The zero-order valence-corrected chi connectivity index (χ0v) is 16.8. The Labute approximate surface area is 171 Å². The van der Waals surface area contributed by atoms with Gasteiger partial charge < -0.3 is 20.1 Å². The van der Waals surface area contributed by atoms with Crippen molar-refractivity contribution in [3.05, 3.63) is 59.7 Å². The van der Waals surface area contributed by atoms with E-state index in [1.54, 1.807) is 4.90 Å². The number of hydrogen-bond donors (Lipinski definition) is 2. The summed E-state index contributed by atoms with van der Waals surface area (Å²) >= 11 is 0. The van der Waals surface area contributed by atoms with Gasteiger partial charge in [-0.1, -0.05) is 24.3 Å². The minimum atomic E-state index is -0.287. The van der Waals surface area contributed by atoms with Gasteiger partial charge in [0.15, 0.2) is 0 Å². The van der Waals surface area contributed by atoms with Gasteiger partial charge in [0.2, 0.25) is 11.8 Å². The van der Waals surface area contributed by atoms with E-state index in [9.17, 15) is 14.7 Å². The maximum Gasteiger partial charge on any atom is 0.228 e. The molecule has 2 amide bonds. The molecule has 0 spiro atoms. The van der Waals surface area contributed by atoms with Crippen molar-refractivity contribution in [2.24, 2.45) is 0 Å². The summed E-state index contributed by atoms with van der Waals surface area (Å²) in [6.45, 7) is 3.77. The molecule has 1 aliphatic heterocycles. The van der Waals surface area contributed by atoms with Crippen molar-refractivity contribution in [3.8, 4) is 5.75 Å². The molecule has 0 radical (unpaired) electrons. The van der Waals surface area contributed by atoms with E-state index >= 15 is 0 Å². The van der Waals surface area contributed by atoms with Gasteiger partial charge >= 0.3 is 0 Å². The van der Waals surface area contributed by atoms with Gasteiger partial charge in [0.1, 0.15) is 5.75 Å². The van der Waals surface area contributed by atoms with Crippen molar-refractivity contribution in [1.82, 2.24) is 4.90 Å². The first kappa shape index (κ1) is 20.9. The SMILES string of the molecule is CCOc1ccc(CC(=O)Nc2ccc(CC(=O)N3CCC(O)CC3)cc2)cc1. The largest absolute Gasteiger partial charge is 0.494 e. The molecule has 29 heavy (non-hydrogen) atoms. The summed E-state index contributed by atoms with van der Waals surface area (Å²) in [7, 11) is 0. The van der Waals surface area contributed by atoms with E-state index < -0.39 is 0 Å². The molecule has 3 rings (SSSR count). The highest BCUT2D eigenvalue weighted by atomic mass is 16.5. The molecule has 6 nitrogen and oxygen atoms in total. The molecule has 1 fully saturated rings. The van der Waals surface area contributed by atoms with Gasteiger partial charge in [0.05, 0.1) is 25.6 Å². The Morgan fingerprint density at radius 1 is 1.00 bits per heavy atom. The Bertz CT molecular complexity index is 810. The van der Waals surface area contributed by atoms with Gasteiger partial charge in [0, 0.05) is 18.8 Å². The summed E-state index contributed by atoms with van der Waals surface area (Å²) in [5, 5.41) is 12.4. The van der Waals surface area contributed by atoms with E-state index in [0.717, 1.165) is 16.9 Å². The standard InChI is InChI=1S/C23H28N2O4/c1-2-29-21-9-5-17(6-10-21)15-22(27)24-19-7-3-18(4-8-19)16-23(28)25-13-11-20(26)12-14-25/h3-10,20,26H,2,11-16H2,1H3,(H,24,27). The third kappa shape index (κ3) is 6.32. The Morgan fingerprint density at radius 3 is 2.21 bits per heavy atom. The average molecular weight is 396 g/mol. The Morgan fingerprint density at radius 2 is 1.59 bits per heavy atom. The van der Waals surface area contributed by atoms with E-state index in [0.29, 0.717) is 44.6 Å². The Hall–Kier alpha value is -2.86. The fourth-order valence-electron chi connectivity index (χ4n) is 3.37. The monoisotopic (exact) mass is 396 g/mol. The summed E-state index contributed by atoms with van der Waals surface area (Å²) < 4.78 is 5.40. The van der Waals surface area contributed by atoms with E-state index in [1.165, 1.54) is 0 Å². The second kappa shape index (κ2) is 10.1. The van der Waals surface area contributed by atoms with Crippen LogP contribution < -0.4 is 10.1 Å². The number of likely N-dealkylation sites (tertiary alicyclic amines) is 1. The highest BCUT2D eigenvalue weighted by molar-refractivity contribution is 5.92. The quantitative estimate of drug-likeness (QED) is 0.754. The smallest absolute Gasteiger partial charge is 0.228 e. The fraction of sp³-hybridized carbons (Fsp3) is 0.391. The van der Waals surface area contributed by atoms with E-state index in [-0.39, 0.29) is 24.3 Å². The Balaban J connectivity index is 1.48. The van der Waals surface area contributed by atoms with E-state index in [1.807, 2.05) is 55.5 Å². The minimum absolute atomic E-state index is 0.0733. The number of aliphatic hydroxyl groups is 1. The molecule has 154 valence electrons. The molecule has 1 aliphatic rings. The van der Waals surface area contributed by atoms with E-state index in [4.69, 9.17) is 4.74 Å². The van der Waals surface area contributed by atoms with Crippen LogP contribution in [0.3, 0.4) is 0 Å². The molecule has 6 heteroatoms. The van der Waals surface area contributed by atoms with Gasteiger partial charge in [-0.2, -0.15) is 0 Å². The normalized spacial score (nSPS) is 14.5. The lowest BCUT2D eigenvalue weighted by atomic mass is 10.1. The third-order valence-corrected chi connectivity index (χ3v) is 5.01. The third-order valence-electron chi connectivity index (χ3n) is 5.01. The van der Waals surface area contributed by atoms with Crippen LogP contribution in [-0.2, 0) is 22.4 Å². The number of nitrogens with zero attached hydrogens (tertiary/aromatic N) is 1. The van der Waals surface area contributed by atoms with Gasteiger partial charge in [-0.25, -0.2) is 0 Å². The molecule has 1 saturated heterocycles. The van der Waals surface area contributed by atoms with Crippen molar-refractivity contribution >= 4 is 17.5 Å². The molecule has 0 aliphatic carbocycles. The van der Waals surface area contributed by atoms with Crippen LogP contribution in [0.5, 0.6) is 5.75 Å². The minimum Gasteiger partial charge on any atom is -0.494 e. The summed E-state index contributed by atoms with van der Waals surface area (Å²) in [5.74, 6) is 0.775. The van der Waals surface area contributed by atoms with Crippen molar-refractivity contribution in [3.63, 3.8) is 0 Å². The molecule has 2 N–H and O–H groups in total. The van der Waals surface area contributed by atoms with Gasteiger partial charge in [0.25, 0.3) is 0 Å². The predicted molar refractivity (Wildman–Crippen MR) is 112 cm³/mol. The first-order valence-electron chi connectivity index (χ1n) is 10.1. The number of hydrogen-bond acceptors (Lipinski definition) is 4. The van der Waals surface area contributed by atoms with Crippen LogP contribution in [0, 0.1) is 0 Å². The van der Waals surface area contributed by atoms with Crippen LogP contribution in [0.4, 0.5) is 5.69 Å². The molecule has 0 atom stereocenters. The van der Waals surface area contributed by atoms with Crippen LogP contribution in [0.15, 0.2) is 48.5 Å². The first-order chi connectivity index (χ1) is 14.0. The summed E-state index contributed by atoms with van der Waals surface area (Å²) in [5.41, 5.74) is 2.53. The highest BCUT2D eigenvalue weighted by Gasteiger charge is 2.21. The number of anilines is 1. The predicted octanol–water partition coefficient (Wildman–Crippen LogP) is 2.79. The fourth-order valence-corrected chi connectivity index (χ4v) is 3.37. The molecular weight excluding hydrogens is 368 g/mol. The average Bonchev–Trinajstić information content (AvgIpc) is 2.71. The molecule has 0 aromatic heterocycles. The van der Waals surface area contributed by atoms with E-state index in [2.05, 4.69) is 5.32 Å². The van der Waals surface area contributed by atoms with Gasteiger partial charge in [-0.15, -0.1) is 0 Å².